The van der Waals surface area contributed by atoms with Crippen molar-refractivity contribution in [3.63, 3.8) is 0 Å². The molecule has 0 heterocycles. The average Bonchev–Trinajstić information content (AvgIpc) is 0. The first-order chi connectivity index (χ1) is 0. The Balaban J connectivity index is 0. The fourth-order valence-corrected chi connectivity index (χ4v) is 0. The van der Waals surface area contributed by atoms with E-state index in [9.17, 15) is 0 Å². The van der Waals surface area contributed by atoms with Crippen molar-refractivity contribution in [3.8, 4) is 0 Å². The van der Waals surface area contributed by atoms with E-state index < -0.39 is 0 Å². The molecule has 0 N–H and O–H groups in total. The van der Waals surface area contributed by atoms with Crippen LogP contribution in [0.2, 0.25) is 0 Å². The van der Waals surface area contributed by atoms with Crippen LogP contribution < -0.4 is 0 Å². The molecule has 8 heavy (non-hydrogen) atoms. The van der Waals surface area contributed by atoms with E-state index in [4.69, 9.17) is 0 Å². The normalized spacial score (nSPS) is 0. The van der Waals surface area contributed by atoms with Crippen LogP contribution in [0.15, 0.2) is 0 Å². The summed E-state index contributed by atoms with van der Waals surface area (Å²) in [6, 6.07) is 0. The minimum atomic E-state index is 0. The molecular weight excluding hydrogens is 288 g/mol. The third-order valence-corrected chi connectivity index (χ3v) is 0. The molecular formula is AlNbO5Sr. The van der Waals surface area contributed by atoms with Gasteiger partial charge in [-0.1, -0.05) is 0 Å². The van der Waals surface area contributed by atoms with Crippen LogP contribution in [0, 0.1) is 0 Å². The molecule has 40 valence electrons. The van der Waals surface area contributed by atoms with Crippen molar-refractivity contribution in [2.45, 2.75) is 0 Å². The number of hydrogen-bond acceptors (Lipinski definition) is 0. The van der Waals surface area contributed by atoms with E-state index in [-0.39, 0.29) is 113 Å². The topological polar surface area (TPSA) is 142 Å². The fourth-order valence-electron chi connectivity index (χ4n) is 0. The molecule has 5 nitrogen and oxygen atoms in total. The molecule has 0 rings (SSSR count). The zero-order valence-corrected chi connectivity index (χ0v) is 10.6. The van der Waals surface area contributed by atoms with Gasteiger partial charge in [-0.25, -0.2) is 0 Å². The Kier molecular flexibility index (Phi) is 1980. The molecule has 0 aliphatic rings. The molecule has 0 amide bonds. The third-order valence-electron chi connectivity index (χ3n) is 0. The summed E-state index contributed by atoms with van der Waals surface area (Å²) in [4.78, 5) is 0. The smallest absolute Gasteiger partial charge is 2.00 e. The SMILES string of the molecule is [Al+3].[Nb+5].[O-2].[O-2].[O-2].[O-2].[O-2].[Sr+2]. The molecule has 0 radical (unpaired) electrons. The first kappa shape index (κ1) is 148. The molecule has 0 atom stereocenters. The Morgan fingerprint density at radius 3 is 0.500 bits per heavy atom. The molecule has 0 bridgehead atoms. The van der Waals surface area contributed by atoms with Crippen molar-refractivity contribution in [2.75, 3.05) is 0 Å². The molecule has 0 saturated heterocycles. The molecule has 0 aromatic heterocycles. The van der Waals surface area contributed by atoms with Gasteiger partial charge in [-0.2, -0.15) is 0 Å². The van der Waals surface area contributed by atoms with Gasteiger partial charge in [0.15, 0.2) is 0 Å². The Hall–Kier alpha value is 2.55. The summed E-state index contributed by atoms with van der Waals surface area (Å²) in [5, 5.41) is 0. The van der Waals surface area contributed by atoms with E-state index in [1.165, 1.54) is 0 Å². The van der Waals surface area contributed by atoms with E-state index in [1.54, 1.807) is 0 Å². The predicted octanol–water partition coefficient (Wildman–Crippen LogP) is -1.36. The first-order valence-corrected chi connectivity index (χ1v) is 0. The largest absolute Gasteiger partial charge is 5.00 e. The van der Waals surface area contributed by atoms with Gasteiger partial charge in [0.1, 0.15) is 0 Å². The minimum Gasteiger partial charge on any atom is -2.00 e. The summed E-state index contributed by atoms with van der Waals surface area (Å²) in [6.07, 6.45) is 0. The molecule has 8 heteroatoms. The summed E-state index contributed by atoms with van der Waals surface area (Å²) in [5.74, 6) is 0. The summed E-state index contributed by atoms with van der Waals surface area (Å²) in [7, 11) is 0. The van der Waals surface area contributed by atoms with E-state index >= 15 is 0 Å². The van der Waals surface area contributed by atoms with Crippen molar-refractivity contribution in [1.29, 1.82) is 0 Å². The van der Waals surface area contributed by atoms with Crippen LogP contribution in [0.3, 0.4) is 0 Å². The van der Waals surface area contributed by atoms with Crippen LogP contribution in [0.1, 0.15) is 0 Å². The molecule has 0 aromatic carbocycles. The van der Waals surface area contributed by atoms with Gasteiger partial charge in [0.25, 0.3) is 0 Å². The molecule has 0 fully saturated rings. The average molecular weight is 288 g/mol. The second-order valence-electron chi connectivity index (χ2n) is 0. The quantitative estimate of drug-likeness (QED) is 0.485. The van der Waals surface area contributed by atoms with Gasteiger partial charge in [-0.15, -0.1) is 0 Å². The molecule has 0 aromatic rings. The molecule has 0 unspecified atom stereocenters. The Bertz CT molecular complexity index is 12.4. The van der Waals surface area contributed by atoms with Gasteiger partial charge in [0.05, 0.1) is 0 Å². The van der Waals surface area contributed by atoms with Crippen molar-refractivity contribution < 1.29 is 49.8 Å². The zero-order valence-electron chi connectivity index (χ0n) is 3.77. The number of rotatable bonds is 0. The van der Waals surface area contributed by atoms with Crippen molar-refractivity contribution in [3.05, 3.63) is 0 Å². The second-order valence-corrected chi connectivity index (χ2v) is 0. The maximum absolute atomic E-state index is 0. The molecule has 0 aliphatic heterocycles. The van der Waals surface area contributed by atoms with E-state index in [1.807, 2.05) is 0 Å². The van der Waals surface area contributed by atoms with Crippen LogP contribution in [-0.2, 0) is 49.8 Å². The Morgan fingerprint density at radius 2 is 0.500 bits per heavy atom. The van der Waals surface area contributed by atoms with Crippen molar-refractivity contribution in [2.24, 2.45) is 0 Å². The van der Waals surface area contributed by atoms with Crippen LogP contribution in [0.4, 0.5) is 0 Å². The van der Waals surface area contributed by atoms with Crippen LogP contribution in [-0.4, -0.2) is 62.8 Å². The van der Waals surface area contributed by atoms with Crippen molar-refractivity contribution in [1.82, 2.24) is 0 Å². The Morgan fingerprint density at radius 1 is 0.500 bits per heavy atom. The van der Waals surface area contributed by atoms with Gasteiger partial charge in [-0.3, -0.25) is 0 Å². The summed E-state index contributed by atoms with van der Waals surface area (Å²) in [5.41, 5.74) is 0. The molecule has 0 aliphatic carbocycles. The second kappa shape index (κ2) is 107. The van der Waals surface area contributed by atoms with E-state index in [0.29, 0.717) is 0 Å². The van der Waals surface area contributed by atoms with Gasteiger partial charge < -0.3 is 27.4 Å². The van der Waals surface area contributed by atoms with Crippen LogP contribution in [0.5, 0.6) is 0 Å². The first-order valence-electron chi connectivity index (χ1n) is 0. The van der Waals surface area contributed by atoms with E-state index in [2.05, 4.69) is 0 Å². The summed E-state index contributed by atoms with van der Waals surface area (Å²) in [6.45, 7) is 0. The number of hydrogen-bond donors (Lipinski definition) is 0. The van der Waals surface area contributed by atoms with Gasteiger partial charge in [0, 0.05) is 0 Å². The van der Waals surface area contributed by atoms with Gasteiger partial charge in [-0.05, 0) is 0 Å². The van der Waals surface area contributed by atoms with Gasteiger partial charge >= 0.3 is 85.2 Å². The monoisotopic (exact) mass is 288 g/mol. The summed E-state index contributed by atoms with van der Waals surface area (Å²) >= 11 is 0. The predicted molar refractivity (Wildman–Crippen MR) is 14.9 cm³/mol. The third kappa shape index (κ3) is 74.9. The van der Waals surface area contributed by atoms with Crippen molar-refractivity contribution >= 4 is 62.8 Å². The van der Waals surface area contributed by atoms with Crippen LogP contribution in [0.25, 0.3) is 0 Å². The minimum absolute atomic E-state index is 0. The fraction of sp³-hybridized carbons (Fsp3) is 0. The maximum Gasteiger partial charge on any atom is 5.00 e. The van der Waals surface area contributed by atoms with E-state index in [0.717, 1.165) is 0 Å². The standard InChI is InChI=1S/Al.Nb.5O.Sr/q+3;+5;5*-2;+2. The van der Waals surface area contributed by atoms with Crippen LogP contribution >= 0.6 is 0 Å². The molecule has 0 saturated carbocycles. The molecule has 0 spiro atoms. The Labute approximate surface area is 111 Å². The zero-order chi connectivity index (χ0) is 0. The summed E-state index contributed by atoms with van der Waals surface area (Å²) < 4.78 is 0. The maximum atomic E-state index is 0. The van der Waals surface area contributed by atoms with Gasteiger partial charge in [0.2, 0.25) is 0 Å².